The standard InChI is InChI=1S/C23H19ClN4O5/c1-11-14(7-3-8-15(11)28(32)33)27-20(29)17-16-9-4-10-26(16)23(18(17)21(27)30)12-5-2-6-13(24)19(12)25-22(23)31/h2-3,5-8,16-18H,4,9-10H2,1H3,(H,25,31)/t16-,17+,18+,23-/m1/s1. The summed E-state index contributed by atoms with van der Waals surface area (Å²) in [5.41, 5.74) is 0.0122. The third kappa shape index (κ3) is 2.28. The highest BCUT2D eigenvalue weighted by molar-refractivity contribution is 6.35. The summed E-state index contributed by atoms with van der Waals surface area (Å²) in [5.74, 6) is -2.93. The molecule has 2 aromatic rings. The molecule has 1 spiro atoms. The van der Waals surface area contributed by atoms with E-state index in [-0.39, 0.29) is 28.9 Å². The molecular formula is C23H19ClN4O5. The molecule has 0 saturated carbocycles. The summed E-state index contributed by atoms with van der Waals surface area (Å²) in [7, 11) is 0. The number of nitrogens with zero attached hydrogens (tertiary/aromatic N) is 3. The Bertz CT molecular complexity index is 1300. The second-order valence-electron chi connectivity index (χ2n) is 8.98. The van der Waals surface area contributed by atoms with Crippen LogP contribution >= 0.6 is 11.6 Å². The smallest absolute Gasteiger partial charge is 0.274 e. The Kier molecular flexibility index (Phi) is 4.07. The summed E-state index contributed by atoms with van der Waals surface area (Å²) < 4.78 is 0. The summed E-state index contributed by atoms with van der Waals surface area (Å²) in [6.07, 6.45) is 1.49. The lowest BCUT2D eigenvalue weighted by Crippen LogP contribution is -2.54. The van der Waals surface area contributed by atoms with Gasteiger partial charge >= 0.3 is 0 Å². The van der Waals surface area contributed by atoms with Crippen molar-refractivity contribution in [2.45, 2.75) is 31.3 Å². The van der Waals surface area contributed by atoms with Crippen LogP contribution in [0, 0.1) is 28.9 Å². The van der Waals surface area contributed by atoms with E-state index in [1.54, 1.807) is 18.2 Å². The number of para-hydroxylation sites is 1. The van der Waals surface area contributed by atoms with Crippen molar-refractivity contribution in [2.24, 2.45) is 11.8 Å². The Balaban J connectivity index is 1.56. The van der Waals surface area contributed by atoms with Gasteiger partial charge in [-0.1, -0.05) is 29.8 Å². The second-order valence-corrected chi connectivity index (χ2v) is 9.39. The van der Waals surface area contributed by atoms with Gasteiger partial charge in [-0.25, -0.2) is 4.90 Å². The summed E-state index contributed by atoms with van der Waals surface area (Å²) in [4.78, 5) is 55.3. The zero-order chi connectivity index (χ0) is 23.2. The maximum Gasteiger partial charge on any atom is 0.274 e. The molecular weight excluding hydrogens is 448 g/mol. The third-order valence-corrected chi connectivity index (χ3v) is 8.01. The number of fused-ring (bicyclic) bond motifs is 7. The number of anilines is 2. The van der Waals surface area contributed by atoms with Gasteiger partial charge in [0.2, 0.25) is 11.8 Å². The van der Waals surface area contributed by atoms with Gasteiger partial charge in [-0.15, -0.1) is 0 Å². The van der Waals surface area contributed by atoms with Gasteiger partial charge < -0.3 is 5.32 Å². The van der Waals surface area contributed by atoms with E-state index in [9.17, 15) is 24.5 Å². The predicted molar refractivity (Wildman–Crippen MR) is 119 cm³/mol. The fourth-order valence-corrected chi connectivity index (χ4v) is 6.71. The number of amides is 3. The topological polar surface area (TPSA) is 113 Å². The first-order valence-electron chi connectivity index (χ1n) is 10.8. The van der Waals surface area contributed by atoms with Crippen molar-refractivity contribution in [3.63, 3.8) is 0 Å². The van der Waals surface area contributed by atoms with Crippen molar-refractivity contribution in [3.05, 3.63) is 62.7 Å². The quantitative estimate of drug-likeness (QED) is 0.413. The van der Waals surface area contributed by atoms with Crippen molar-refractivity contribution in [1.29, 1.82) is 0 Å². The van der Waals surface area contributed by atoms with E-state index >= 15 is 0 Å². The summed E-state index contributed by atoms with van der Waals surface area (Å²) in [5, 5.41) is 14.7. The first-order valence-corrected chi connectivity index (χ1v) is 11.2. The van der Waals surface area contributed by atoms with Crippen LogP contribution in [-0.4, -0.2) is 40.1 Å². The van der Waals surface area contributed by atoms with Crippen LogP contribution in [0.15, 0.2) is 36.4 Å². The molecule has 168 valence electrons. The molecule has 0 aliphatic carbocycles. The number of carbonyl (C=O) groups is 3. The maximum atomic E-state index is 14.0. The van der Waals surface area contributed by atoms with Crippen molar-refractivity contribution in [1.82, 2.24) is 4.90 Å². The summed E-state index contributed by atoms with van der Waals surface area (Å²) in [6, 6.07) is 9.27. The van der Waals surface area contributed by atoms with Crippen molar-refractivity contribution in [2.75, 3.05) is 16.8 Å². The molecule has 0 radical (unpaired) electrons. The highest BCUT2D eigenvalue weighted by Crippen LogP contribution is 2.61. The molecule has 3 saturated heterocycles. The molecule has 4 aliphatic rings. The van der Waals surface area contributed by atoms with Crippen molar-refractivity contribution < 1.29 is 19.3 Å². The number of rotatable bonds is 2. The maximum absolute atomic E-state index is 14.0. The molecule has 33 heavy (non-hydrogen) atoms. The molecule has 0 aromatic heterocycles. The largest absolute Gasteiger partial charge is 0.323 e. The van der Waals surface area contributed by atoms with Crippen LogP contribution in [0.4, 0.5) is 17.1 Å². The highest BCUT2D eigenvalue weighted by Gasteiger charge is 2.74. The number of imide groups is 1. The average Bonchev–Trinajstić information content (AvgIpc) is 3.48. The lowest BCUT2D eigenvalue weighted by molar-refractivity contribution is -0.385. The zero-order valence-corrected chi connectivity index (χ0v) is 18.3. The van der Waals surface area contributed by atoms with Crippen LogP contribution in [-0.2, 0) is 19.9 Å². The number of hydrogen-bond donors (Lipinski definition) is 1. The van der Waals surface area contributed by atoms with Crippen LogP contribution in [0.1, 0.15) is 24.0 Å². The number of hydrogen-bond acceptors (Lipinski definition) is 6. The molecule has 1 N–H and O–H groups in total. The minimum atomic E-state index is -1.33. The van der Waals surface area contributed by atoms with Crippen LogP contribution in [0.2, 0.25) is 5.02 Å². The molecule has 3 amide bonds. The SMILES string of the molecule is Cc1c(N2C(=O)[C@H]3[C@H]4CCCN4[C@@]4(C(=O)Nc5c(Cl)cccc54)[C@@H]3C2=O)cccc1[N+](=O)[O-]. The molecule has 4 aliphatic heterocycles. The third-order valence-electron chi connectivity index (χ3n) is 7.69. The minimum absolute atomic E-state index is 0.168. The van der Waals surface area contributed by atoms with Crippen LogP contribution in [0.25, 0.3) is 0 Å². The molecule has 4 heterocycles. The Morgan fingerprint density at radius 3 is 2.67 bits per heavy atom. The number of halogens is 1. The number of carbonyl (C=O) groups excluding carboxylic acids is 3. The fraction of sp³-hybridized carbons (Fsp3) is 0.348. The van der Waals surface area contributed by atoms with E-state index < -0.39 is 34.1 Å². The lowest BCUT2D eigenvalue weighted by Gasteiger charge is -2.36. The molecule has 10 heteroatoms. The minimum Gasteiger partial charge on any atom is -0.323 e. The van der Waals surface area contributed by atoms with Gasteiger partial charge in [0.25, 0.3) is 11.6 Å². The molecule has 9 nitrogen and oxygen atoms in total. The van der Waals surface area contributed by atoms with Gasteiger partial charge in [-0.05, 0) is 38.4 Å². The first kappa shape index (κ1) is 20.3. The molecule has 0 bridgehead atoms. The molecule has 0 unspecified atom stereocenters. The van der Waals surface area contributed by atoms with Gasteiger partial charge in [0.1, 0.15) is 5.54 Å². The first-order chi connectivity index (χ1) is 15.8. The van der Waals surface area contributed by atoms with E-state index in [1.165, 1.54) is 25.1 Å². The zero-order valence-electron chi connectivity index (χ0n) is 17.6. The van der Waals surface area contributed by atoms with Gasteiger partial charge in [-0.2, -0.15) is 0 Å². The van der Waals surface area contributed by atoms with Crippen LogP contribution in [0.5, 0.6) is 0 Å². The van der Waals surface area contributed by atoms with E-state index in [0.29, 0.717) is 29.2 Å². The lowest BCUT2D eigenvalue weighted by atomic mass is 9.75. The monoisotopic (exact) mass is 466 g/mol. The van der Waals surface area contributed by atoms with Gasteiger partial charge in [0.15, 0.2) is 0 Å². The number of nitrogens with one attached hydrogen (secondary N) is 1. The Morgan fingerprint density at radius 1 is 1.15 bits per heavy atom. The van der Waals surface area contributed by atoms with Gasteiger partial charge in [0, 0.05) is 17.7 Å². The van der Waals surface area contributed by atoms with Gasteiger partial charge in [-0.3, -0.25) is 29.4 Å². The number of nitro benzene ring substituents is 1. The summed E-state index contributed by atoms with van der Waals surface area (Å²) in [6.45, 7) is 2.12. The van der Waals surface area contributed by atoms with E-state index in [1.807, 2.05) is 4.90 Å². The predicted octanol–water partition coefficient (Wildman–Crippen LogP) is 2.99. The second kappa shape index (κ2) is 6.61. The average molecular weight is 467 g/mol. The highest BCUT2D eigenvalue weighted by atomic mass is 35.5. The van der Waals surface area contributed by atoms with Crippen molar-refractivity contribution >= 4 is 46.4 Å². The normalized spacial score (nSPS) is 30.1. The molecule has 6 rings (SSSR count). The Labute approximate surface area is 193 Å². The molecule has 4 atom stereocenters. The van der Waals surface area contributed by atoms with Crippen molar-refractivity contribution in [3.8, 4) is 0 Å². The number of benzene rings is 2. The Morgan fingerprint density at radius 2 is 1.91 bits per heavy atom. The summed E-state index contributed by atoms with van der Waals surface area (Å²) >= 11 is 6.38. The fourth-order valence-electron chi connectivity index (χ4n) is 6.48. The van der Waals surface area contributed by atoms with E-state index in [4.69, 9.17) is 11.6 Å². The van der Waals surface area contributed by atoms with Gasteiger partial charge in [0.05, 0.1) is 38.7 Å². The Hall–Kier alpha value is -3.30. The van der Waals surface area contributed by atoms with E-state index in [2.05, 4.69) is 5.32 Å². The molecule has 3 fully saturated rings. The van der Waals surface area contributed by atoms with E-state index in [0.717, 1.165) is 11.3 Å². The molecule has 2 aromatic carbocycles. The van der Waals surface area contributed by atoms with Crippen LogP contribution in [0.3, 0.4) is 0 Å². The number of nitro groups is 1. The van der Waals surface area contributed by atoms with Crippen LogP contribution < -0.4 is 10.2 Å².